The highest BCUT2D eigenvalue weighted by Crippen LogP contribution is 2.22. The van der Waals surface area contributed by atoms with E-state index in [2.05, 4.69) is 15.0 Å². The van der Waals surface area contributed by atoms with Gasteiger partial charge in [-0.25, -0.2) is 13.1 Å². The van der Waals surface area contributed by atoms with Crippen LogP contribution in [-0.2, 0) is 16.6 Å². The summed E-state index contributed by atoms with van der Waals surface area (Å²) in [4.78, 5) is 16.5. The van der Waals surface area contributed by atoms with Crippen molar-refractivity contribution in [2.45, 2.75) is 18.4 Å². The van der Waals surface area contributed by atoms with E-state index in [1.807, 2.05) is 31.2 Å². The molecular formula is C26H23N3O3S. The van der Waals surface area contributed by atoms with Crippen LogP contribution < -0.4 is 10.0 Å². The second kappa shape index (κ2) is 9.77. The quantitative estimate of drug-likeness (QED) is 0.418. The Morgan fingerprint density at radius 1 is 0.848 bits per heavy atom. The Kier molecular flexibility index (Phi) is 6.63. The van der Waals surface area contributed by atoms with Crippen LogP contribution in [0.2, 0.25) is 0 Å². The van der Waals surface area contributed by atoms with Crippen molar-refractivity contribution in [3.63, 3.8) is 0 Å². The monoisotopic (exact) mass is 457 g/mol. The van der Waals surface area contributed by atoms with Crippen molar-refractivity contribution in [3.8, 4) is 11.1 Å². The van der Waals surface area contributed by atoms with Crippen molar-refractivity contribution in [1.29, 1.82) is 0 Å². The number of rotatable bonds is 7. The molecule has 0 radical (unpaired) electrons. The average Bonchev–Trinajstić information content (AvgIpc) is 2.84. The first-order valence-electron chi connectivity index (χ1n) is 10.4. The zero-order valence-electron chi connectivity index (χ0n) is 18.0. The number of sulfonamides is 1. The van der Waals surface area contributed by atoms with E-state index < -0.39 is 10.0 Å². The minimum atomic E-state index is -3.67. The van der Waals surface area contributed by atoms with E-state index in [1.165, 1.54) is 5.56 Å². The summed E-state index contributed by atoms with van der Waals surface area (Å²) in [6, 6.07) is 25.1. The van der Waals surface area contributed by atoms with Gasteiger partial charge in [-0.2, -0.15) is 0 Å². The number of aryl methyl sites for hydroxylation is 1. The lowest BCUT2D eigenvalue weighted by Gasteiger charge is -2.09. The molecule has 0 bridgehead atoms. The molecule has 0 spiro atoms. The Morgan fingerprint density at radius 3 is 2.09 bits per heavy atom. The maximum atomic E-state index is 12.7. The fraction of sp³-hybridized carbons (Fsp3) is 0.0769. The molecule has 0 atom stereocenters. The van der Waals surface area contributed by atoms with Gasteiger partial charge in [0.15, 0.2) is 0 Å². The number of pyridine rings is 1. The van der Waals surface area contributed by atoms with E-state index in [0.717, 1.165) is 16.7 Å². The third-order valence-electron chi connectivity index (χ3n) is 5.15. The molecule has 2 N–H and O–H groups in total. The number of aromatic nitrogens is 1. The molecule has 0 aliphatic carbocycles. The molecule has 0 aliphatic rings. The van der Waals surface area contributed by atoms with Crippen LogP contribution in [0.1, 0.15) is 21.5 Å². The standard InChI is InChI=1S/C26H23N3O3S/c1-19-4-8-21(9-5-19)22-12-14-25(15-13-22)33(31,32)28-17-20-6-10-23(11-7-20)26(30)29-24-3-2-16-27-18-24/h2-16,18,28H,17H2,1H3,(H,29,30). The molecule has 0 unspecified atom stereocenters. The Morgan fingerprint density at radius 2 is 1.48 bits per heavy atom. The average molecular weight is 458 g/mol. The first-order chi connectivity index (χ1) is 15.9. The van der Waals surface area contributed by atoms with E-state index in [0.29, 0.717) is 11.3 Å². The Hall–Kier alpha value is -3.81. The predicted molar refractivity (Wildman–Crippen MR) is 129 cm³/mol. The van der Waals surface area contributed by atoms with Crippen molar-refractivity contribution in [2.75, 3.05) is 5.32 Å². The molecule has 4 aromatic rings. The largest absolute Gasteiger partial charge is 0.321 e. The lowest BCUT2D eigenvalue weighted by Crippen LogP contribution is -2.23. The molecule has 0 fully saturated rings. The molecule has 1 aromatic heterocycles. The number of benzene rings is 3. The maximum Gasteiger partial charge on any atom is 0.255 e. The molecule has 1 amide bonds. The van der Waals surface area contributed by atoms with Gasteiger partial charge in [0, 0.05) is 18.3 Å². The van der Waals surface area contributed by atoms with Crippen LogP contribution in [0.25, 0.3) is 11.1 Å². The number of amides is 1. The lowest BCUT2D eigenvalue weighted by atomic mass is 10.0. The molecule has 0 aliphatic heterocycles. The third kappa shape index (κ3) is 5.71. The molecule has 166 valence electrons. The van der Waals surface area contributed by atoms with Gasteiger partial charge in [0.1, 0.15) is 0 Å². The van der Waals surface area contributed by atoms with Crippen LogP contribution in [0.5, 0.6) is 0 Å². The fourth-order valence-corrected chi connectivity index (χ4v) is 4.27. The second-order valence-corrected chi connectivity index (χ2v) is 9.37. The molecule has 33 heavy (non-hydrogen) atoms. The van der Waals surface area contributed by atoms with Crippen molar-refractivity contribution in [1.82, 2.24) is 9.71 Å². The third-order valence-corrected chi connectivity index (χ3v) is 6.57. The van der Waals surface area contributed by atoms with Crippen molar-refractivity contribution in [2.24, 2.45) is 0 Å². The molecule has 3 aromatic carbocycles. The number of carbonyl (C=O) groups excluding carboxylic acids is 1. The predicted octanol–water partition coefficient (Wildman–Crippen LogP) is 4.79. The Labute approximate surface area is 193 Å². The minimum absolute atomic E-state index is 0.118. The normalized spacial score (nSPS) is 11.2. The van der Waals surface area contributed by atoms with Crippen molar-refractivity contribution < 1.29 is 13.2 Å². The fourth-order valence-electron chi connectivity index (χ4n) is 3.25. The van der Waals surface area contributed by atoms with Gasteiger partial charge in [-0.1, -0.05) is 54.1 Å². The number of anilines is 1. The summed E-state index contributed by atoms with van der Waals surface area (Å²) in [5.41, 5.74) is 4.97. The summed E-state index contributed by atoms with van der Waals surface area (Å²) in [6.45, 7) is 2.14. The molecular weight excluding hydrogens is 434 g/mol. The highest BCUT2D eigenvalue weighted by molar-refractivity contribution is 7.89. The molecule has 0 saturated heterocycles. The van der Waals surface area contributed by atoms with Crippen LogP contribution >= 0.6 is 0 Å². The van der Waals surface area contributed by atoms with Crippen LogP contribution in [0.3, 0.4) is 0 Å². The number of nitrogens with zero attached hydrogens (tertiary/aromatic N) is 1. The highest BCUT2D eigenvalue weighted by atomic mass is 32.2. The summed E-state index contributed by atoms with van der Waals surface area (Å²) in [5.74, 6) is -0.260. The van der Waals surface area contributed by atoms with E-state index in [1.54, 1.807) is 73.1 Å². The van der Waals surface area contributed by atoms with Crippen LogP contribution in [0.4, 0.5) is 5.69 Å². The smallest absolute Gasteiger partial charge is 0.255 e. The lowest BCUT2D eigenvalue weighted by molar-refractivity contribution is 0.102. The van der Waals surface area contributed by atoms with Gasteiger partial charge in [-0.15, -0.1) is 0 Å². The number of hydrogen-bond acceptors (Lipinski definition) is 4. The Balaban J connectivity index is 1.37. The van der Waals surface area contributed by atoms with Crippen LogP contribution in [-0.4, -0.2) is 19.3 Å². The molecule has 0 saturated carbocycles. The minimum Gasteiger partial charge on any atom is -0.321 e. The van der Waals surface area contributed by atoms with E-state index in [9.17, 15) is 13.2 Å². The zero-order valence-corrected chi connectivity index (χ0v) is 18.8. The van der Waals surface area contributed by atoms with Gasteiger partial charge in [0.05, 0.1) is 16.8 Å². The van der Waals surface area contributed by atoms with Gasteiger partial charge in [-0.3, -0.25) is 9.78 Å². The number of carbonyl (C=O) groups is 1. The van der Waals surface area contributed by atoms with Gasteiger partial charge in [0.2, 0.25) is 10.0 Å². The second-order valence-electron chi connectivity index (χ2n) is 7.61. The van der Waals surface area contributed by atoms with Gasteiger partial charge in [0.25, 0.3) is 5.91 Å². The van der Waals surface area contributed by atoms with E-state index in [-0.39, 0.29) is 17.3 Å². The summed E-state index contributed by atoms with van der Waals surface area (Å²) in [7, 11) is -3.67. The van der Waals surface area contributed by atoms with E-state index in [4.69, 9.17) is 0 Å². The number of nitrogens with one attached hydrogen (secondary N) is 2. The van der Waals surface area contributed by atoms with Crippen molar-refractivity contribution >= 4 is 21.6 Å². The molecule has 1 heterocycles. The topological polar surface area (TPSA) is 88.2 Å². The summed E-state index contributed by atoms with van der Waals surface area (Å²) in [5, 5.41) is 2.76. The summed E-state index contributed by atoms with van der Waals surface area (Å²) in [6.07, 6.45) is 3.19. The first-order valence-corrected chi connectivity index (χ1v) is 11.9. The molecule has 6 nitrogen and oxygen atoms in total. The summed E-state index contributed by atoms with van der Waals surface area (Å²) >= 11 is 0. The highest BCUT2D eigenvalue weighted by Gasteiger charge is 2.14. The molecule has 4 rings (SSSR count). The molecule has 7 heteroatoms. The maximum absolute atomic E-state index is 12.7. The van der Waals surface area contributed by atoms with Gasteiger partial charge in [-0.05, 0) is 60.0 Å². The SMILES string of the molecule is Cc1ccc(-c2ccc(S(=O)(=O)NCc3ccc(C(=O)Nc4cccnc4)cc3)cc2)cc1. The van der Waals surface area contributed by atoms with Crippen molar-refractivity contribution in [3.05, 3.63) is 114 Å². The summed E-state index contributed by atoms with van der Waals surface area (Å²) < 4.78 is 28.0. The van der Waals surface area contributed by atoms with Gasteiger partial charge >= 0.3 is 0 Å². The van der Waals surface area contributed by atoms with Gasteiger partial charge < -0.3 is 5.32 Å². The van der Waals surface area contributed by atoms with Crippen LogP contribution in [0.15, 0.2) is 102 Å². The first kappa shape index (κ1) is 22.4. The van der Waals surface area contributed by atoms with E-state index >= 15 is 0 Å². The Bertz CT molecular complexity index is 1340. The van der Waals surface area contributed by atoms with Crippen LogP contribution in [0, 0.1) is 6.92 Å². The zero-order chi connectivity index (χ0) is 23.3. The number of hydrogen-bond donors (Lipinski definition) is 2.